The van der Waals surface area contributed by atoms with Crippen LogP contribution in [0.4, 0.5) is 5.82 Å². The molecule has 1 aromatic heterocycles. The fraction of sp³-hybridized carbons (Fsp3) is 0.375. The molecule has 0 unspecified atom stereocenters. The van der Waals surface area contributed by atoms with Crippen molar-refractivity contribution in [2.45, 2.75) is 32.6 Å². The number of aromatic nitrogens is 1. The summed E-state index contributed by atoms with van der Waals surface area (Å²) in [6, 6.07) is 10.0. The molecule has 2 aromatic rings. The first-order valence-electron chi connectivity index (χ1n) is 7.16. The second kappa shape index (κ2) is 7.20. The smallest absolute Gasteiger partial charge is 0.136 e. The molecule has 0 aliphatic rings. The minimum atomic E-state index is 0.388. The average molecular weight is 287 g/mol. The molecule has 3 nitrogen and oxygen atoms in total. The Kier molecular flexibility index (Phi) is 5.30. The van der Waals surface area contributed by atoms with E-state index in [9.17, 15) is 0 Å². The number of thiocarbonyl (C=S) groups is 1. The number of pyridine rings is 1. The van der Waals surface area contributed by atoms with Gasteiger partial charge >= 0.3 is 0 Å². The van der Waals surface area contributed by atoms with Crippen molar-refractivity contribution in [2.75, 3.05) is 11.9 Å². The van der Waals surface area contributed by atoms with E-state index in [4.69, 9.17) is 18.0 Å². The molecule has 0 bridgehead atoms. The summed E-state index contributed by atoms with van der Waals surface area (Å²) in [5, 5.41) is 4.43. The number of benzene rings is 1. The number of para-hydroxylation sites is 1. The number of nitrogens with two attached hydrogens (primary N) is 1. The highest BCUT2D eigenvalue weighted by Gasteiger charge is 2.08. The average Bonchev–Trinajstić information content (AvgIpc) is 2.46. The Morgan fingerprint density at radius 2 is 2.05 bits per heavy atom. The third-order valence-electron chi connectivity index (χ3n) is 3.31. The van der Waals surface area contributed by atoms with E-state index in [1.54, 1.807) is 0 Å². The van der Waals surface area contributed by atoms with Gasteiger partial charge in [0.2, 0.25) is 0 Å². The van der Waals surface area contributed by atoms with E-state index < -0.39 is 0 Å². The van der Waals surface area contributed by atoms with Crippen LogP contribution in [0.15, 0.2) is 30.3 Å². The van der Waals surface area contributed by atoms with Gasteiger partial charge in [-0.05, 0) is 18.6 Å². The Bertz CT molecular complexity index is 595. The van der Waals surface area contributed by atoms with Crippen LogP contribution >= 0.6 is 12.2 Å². The van der Waals surface area contributed by atoms with Crippen molar-refractivity contribution in [1.82, 2.24) is 4.98 Å². The van der Waals surface area contributed by atoms with E-state index in [1.807, 2.05) is 30.3 Å². The molecule has 0 radical (unpaired) electrons. The first-order chi connectivity index (χ1) is 9.72. The summed E-state index contributed by atoms with van der Waals surface area (Å²) in [6.45, 7) is 3.12. The van der Waals surface area contributed by atoms with E-state index in [0.717, 1.165) is 35.2 Å². The molecule has 2 rings (SSSR count). The van der Waals surface area contributed by atoms with Crippen molar-refractivity contribution >= 4 is 33.9 Å². The van der Waals surface area contributed by atoms with Gasteiger partial charge in [0.1, 0.15) is 10.8 Å². The minimum absolute atomic E-state index is 0.388. The number of nitrogens with zero attached hydrogens (tertiary/aromatic N) is 1. The molecule has 0 saturated carbocycles. The van der Waals surface area contributed by atoms with Gasteiger partial charge in [-0.2, -0.15) is 0 Å². The molecular formula is C16H21N3S. The van der Waals surface area contributed by atoms with Crippen molar-refractivity contribution < 1.29 is 0 Å². The lowest BCUT2D eigenvalue weighted by molar-refractivity contribution is 0.684. The second-order valence-corrected chi connectivity index (χ2v) is 5.37. The molecule has 0 aliphatic carbocycles. The van der Waals surface area contributed by atoms with E-state index in [0.29, 0.717) is 4.99 Å². The van der Waals surface area contributed by atoms with Crippen molar-refractivity contribution in [3.63, 3.8) is 0 Å². The Morgan fingerprint density at radius 3 is 2.80 bits per heavy atom. The summed E-state index contributed by atoms with van der Waals surface area (Å²) < 4.78 is 0. The molecule has 1 aromatic carbocycles. The number of hydrogen-bond donors (Lipinski definition) is 2. The van der Waals surface area contributed by atoms with Gasteiger partial charge in [-0.15, -0.1) is 0 Å². The Hall–Kier alpha value is -1.68. The van der Waals surface area contributed by atoms with Crippen molar-refractivity contribution in [2.24, 2.45) is 5.73 Å². The van der Waals surface area contributed by atoms with Gasteiger partial charge in [0.15, 0.2) is 0 Å². The highest BCUT2D eigenvalue weighted by molar-refractivity contribution is 7.80. The third kappa shape index (κ3) is 3.67. The lowest BCUT2D eigenvalue weighted by atomic mass is 10.1. The largest absolute Gasteiger partial charge is 0.389 e. The topological polar surface area (TPSA) is 50.9 Å². The zero-order valence-corrected chi connectivity index (χ0v) is 12.7. The summed E-state index contributed by atoms with van der Waals surface area (Å²) >= 11 is 5.13. The first kappa shape index (κ1) is 14.7. The van der Waals surface area contributed by atoms with Crippen molar-refractivity contribution in [1.29, 1.82) is 0 Å². The zero-order valence-electron chi connectivity index (χ0n) is 11.9. The van der Waals surface area contributed by atoms with Gasteiger partial charge in [-0.25, -0.2) is 4.98 Å². The predicted molar refractivity (Wildman–Crippen MR) is 90.3 cm³/mol. The molecule has 0 spiro atoms. The standard InChI is InChI=1S/C16H21N3S/c1-2-3-4-7-10-18-16-13(15(17)20)11-12-8-5-6-9-14(12)19-16/h5-6,8-9,11H,2-4,7,10H2,1H3,(H2,17,20)(H,18,19). The Balaban J connectivity index is 2.17. The normalized spacial score (nSPS) is 10.7. The molecule has 0 atom stereocenters. The summed E-state index contributed by atoms with van der Waals surface area (Å²) in [6.07, 6.45) is 4.89. The third-order valence-corrected chi connectivity index (χ3v) is 3.53. The van der Waals surface area contributed by atoms with E-state index in [2.05, 4.69) is 17.2 Å². The van der Waals surface area contributed by atoms with E-state index >= 15 is 0 Å². The Labute approximate surface area is 125 Å². The van der Waals surface area contributed by atoms with Gasteiger partial charge < -0.3 is 11.1 Å². The molecule has 0 aliphatic heterocycles. The molecule has 20 heavy (non-hydrogen) atoms. The summed E-state index contributed by atoms with van der Waals surface area (Å²) in [7, 11) is 0. The van der Waals surface area contributed by atoms with Gasteiger partial charge in [0.05, 0.1) is 11.1 Å². The maximum Gasteiger partial charge on any atom is 0.136 e. The van der Waals surface area contributed by atoms with Crippen molar-refractivity contribution in [3.8, 4) is 0 Å². The monoisotopic (exact) mass is 287 g/mol. The SMILES string of the molecule is CCCCCCNc1nc2ccccc2cc1C(N)=S. The number of anilines is 1. The van der Waals surface area contributed by atoms with Crippen LogP contribution < -0.4 is 11.1 Å². The van der Waals surface area contributed by atoms with Crippen LogP contribution in [0.1, 0.15) is 38.2 Å². The van der Waals surface area contributed by atoms with Crippen LogP contribution in [0, 0.1) is 0 Å². The van der Waals surface area contributed by atoms with Crippen LogP contribution in [0.25, 0.3) is 10.9 Å². The highest BCUT2D eigenvalue weighted by Crippen LogP contribution is 2.20. The number of rotatable bonds is 7. The van der Waals surface area contributed by atoms with Crippen LogP contribution in [-0.4, -0.2) is 16.5 Å². The van der Waals surface area contributed by atoms with Crippen LogP contribution in [-0.2, 0) is 0 Å². The molecule has 0 amide bonds. The lowest BCUT2D eigenvalue weighted by Crippen LogP contribution is -2.15. The lowest BCUT2D eigenvalue weighted by Gasteiger charge is -2.11. The molecule has 3 N–H and O–H groups in total. The van der Waals surface area contributed by atoms with Crippen LogP contribution in [0.5, 0.6) is 0 Å². The fourth-order valence-electron chi connectivity index (χ4n) is 2.20. The van der Waals surface area contributed by atoms with E-state index in [-0.39, 0.29) is 0 Å². The second-order valence-electron chi connectivity index (χ2n) is 4.93. The number of nitrogens with one attached hydrogen (secondary N) is 1. The van der Waals surface area contributed by atoms with E-state index in [1.165, 1.54) is 19.3 Å². The molecular weight excluding hydrogens is 266 g/mol. The maximum absolute atomic E-state index is 5.81. The zero-order chi connectivity index (χ0) is 14.4. The maximum atomic E-state index is 5.81. The number of unbranched alkanes of at least 4 members (excludes halogenated alkanes) is 3. The van der Waals surface area contributed by atoms with Gasteiger partial charge in [0, 0.05) is 11.9 Å². The predicted octanol–water partition coefficient (Wildman–Crippen LogP) is 3.86. The van der Waals surface area contributed by atoms with Gasteiger partial charge in [0.25, 0.3) is 0 Å². The van der Waals surface area contributed by atoms with Crippen LogP contribution in [0.2, 0.25) is 0 Å². The summed E-state index contributed by atoms with van der Waals surface area (Å²) in [5.41, 5.74) is 7.60. The molecule has 0 saturated heterocycles. The molecule has 1 heterocycles. The number of hydrogen-bond acceptors (Lipinski definition) is 3. The minimum Gasteiger partial charge on any atom is -0.389 e. The quantitative estimate of drug-likeness (QED) is 0.600. The molecule has 4 heteroatoms. The number of fused-ring (bicyclic) bond motifs is 1. The summed E-state index contributed by atoms with van der Waals surface area (Å²) in [5.74, 6) is 0.799. The Morgan fingerprint density at radius 1 is 1.25 bits per heavy atom. The highest BCUT2D eigenvalue weighted by atomic mass is 32.1. The molecule has 106 valence electrons. The van der Waals surface area contributed by atoms with Crippen LogP contribution in [0.3, 0.4) is 0 Å². The molecule has 0 fully saturated rings. The van der Waals surface area contributed by atoms with Crippen molar-refractivity contribution in [3.05, 3.63) is 35.9 Å². The van der Waals surface area contributed by atoms with Gasteiger partial charge in [-0.1, -0.05) is 56.6 Å². The fourth-order valence-corrected chi connectivity index (χ4v) is 2.35. The van der Waals surface area contributed by atoms with Gasteiger partial charge in [-0.3, -0.25) is 0 Å². The summed E-state index contributed by atoms with van der Waals surface area (Å²) in [4.78, 5) is 5.02. The first-order valence-corrected chi connectivity index (χ1v) is 7.56.